The maximum Gasteiger partial charge on any atom is 0.319 e. The van der Waals surface area contributed by atoms with E-state index in [9.17, 15) is 9.59 Å². The third-order valence-electron chi connectivity index (χ3n) is 3.07. The van der Waals surface area contributed by atoms with E-state index in [2.05, 4.69) is 10.6 Å². The number of halogens is 1. The summed E-state index contributed by atoms with van der Waals surface area (Å²) in [6, 6.07) is 6.73. The van der Waals surface area contributed by atoms with Crippen LogP contribution in [-0.2, 0) is 4.79 Å². The van der Waals surface area contributed by atoms with Crippen molar-refractivity contribution < 1.29 is 14.8 Å². The third-order valence-corrected chi connectivity index (χ3v) is 3.31. The maximum absolute atomic E-state index is 11.6. The van der Waals surface area contributed by atoms with E-state index in [1.165, 1.54) is 0 Å². The van der Waals surface area contributed by atoms with Crippen LogP contribution in [0.15, 0.2) is 24.3 Å². The Balaban J connectivity index is 2.00. The molecule has 1 aromatic carbocycles. The number of rotatable bonds is 9. The molecule has 1 rings (SSSR count). The molecule has 0 heterocycles. The second-order valence-corrected chi connectivity index (χ2v) is 5.38. The fraction of sp³-hybridized carbons (Fsp3) is 0.467. The Morgan fingerprint density at radius 3 is 2.55 bits per heavy atom. The van der Waals surface area contributed by atoms with Gasteiger partial charge in [-0.1, -0.05) is 36.9 Å². The summed E-state index contributed by atoms with van der Waals surface area (Å²) >= 11 is 5.83. The monoisotopic (exact) mass is 327 g/mol. The number of unbranched alkanes of at least 4 members (excludes halogenated alkanes) is 4. The van der Waals surface area contributed by atoms with Crippen molar-refractivity contribution in [2.24, 2.45) is 0 Å². The first-order chi connectivity index (χ1) is 10.6. The molecule has 0 aliphatic rings. The molecule has 22 heavy (non-hydrogen) atoms. The molecule has 0 unspecified atom stereocenters. The van der Waals surface area contributed by atoms with Crippen LogP contribution in [-0.4, -0.2) is 23.7 Å². The van der Waals surface area contributed by atoms with Gasteiger partial charge in [-0.25, -0.2) is 10.3 Å². The number of carbonyl (C=O) groups is 2. The van der Waals surface area contributed by atoms with Crippen molar-refractivity contribution in [1.29, 1.82) is 0 Å². The summed E-state index contributed by atoms with van der Waals surface area (Å²) in [5, 5.41) is 14.4. The first-order valence-corrected chi connectivity index (χ1v) is 7.73. The number of hydroxylamine groups is 1. The molecule has 0 atom stereocenters. The number of anilines is 1. The molecule has 0 radical (unpaired) electrons. The van der Waals surface area contributed by atoms with E-state index < -0.39 is 0 Å². The summed E-state index contributed by atoms with van der Waals surface area (Å²) in [5.74, 6) is -0.348. The number of hydrogen-bond donors (Lipinski definition) is 4. The van der Waals surface area contributed by atoms with Crippen LogP contribution in [0, 0.1) is 0 Å². The van der Waals surface area contributed by atoms with Gasteiger partial charge in [0.1, 0.15) is 0 Å². The van der Waals surface area contributed by atoms with Gasteiger partial charge in [-0.15, -0.1) is 0 Å². The molecule has 0 aliphatic carbocycles. The third kappa shape index (κ3) is 8.49. The zero-order valence-corrected chi connectivity index (χ0v) is 13.2. The maximum atomic E-state index is 11.6. The topological polar surface area (TPSA) is 90.5 Å². The van der Waals surface area contributed by atoms with E-state index in [4.69, 9.17) is 16.8 Å². The highest BCUT2D eigenvalue weighted by molar-refractivity contribution is 6.30. The lowest BCUT2D eigenvalue weighted by atomic mass is 10.1. The van der Waals surface area contributed by atoms with Gasteiger partial charge in [-0.2, -0.15) is 0 Å². The highest BCUT2D eigenvalue weighted by atomic mass is 35.5. The molecule has 1 aromatic rings. The lowest BCUT2D eigenvalue weighted by Crippen LogP contribution is -2.29. The van der Waals surface area contributed by atoms with E-state index in [0.717, 1.165) is 32.1 Å². The molecule has 0 saturated carbocycles. The van der Waals surface area contributed by atoms with Gasteiger partial charge >= 0.3 is 6.03 Å². The first-order valence-electron chi connectivity index (χ1n) is 7.35. The molecule has 0 bridgehead atoms. The Bertz CT molecular complexity index is 483. The average Bonchev–Trinajstić information content (AvgIpc) is 2.49. The smallest absolute Gasteiger partial charge is 0.319 e. The minimum atomic E-state index is -0.348. The molecule has 3 amide bonds. The van der Waals surface area contributed by atoms with Gasteiger partial charge in [-0.3, -0.25) is 10.0 Å². The fourth-order valence-corrected chi connectivity index (χ4v) is 2.13. The van der Waals surface area contributed by atoms with Crippen LogP contribution in [0.5, 0.6) is 0 Å². The molecule has 4 N–H and O–H groups in total. The van der Waals surface area contributed by atoms with Crippen LogP contribution < -0.4 is 16.1 Å². The van der Waals surface area contributed by atoms with Gasteiger partial charge in [0.25, 0.3) is 0 Å². The molecule has 0 fully saturated rings. The summed E-state index contributed by atoms with van der Waals surface area (Å²) in [4.78, 5) is 22.4. The van der Waals surface area contributed by atoms with Gasteiger partial charge in [0.2, 0.25) is 5.91 Å². The quantitative estimate of drug-likeness (QED) is 0.318. The van der Waals surface area contributed by atoms with Crippen molar-refractivity contribution in [3.05, 3.63) is 29.3 Å². The summed E-state index contributed by atoms with van der Waals surface area (Å²) in [6.45, 7) is 0.601. The van der Waals surface area contributed by atoms with Crippen LogP contribution in [0.2, 0.25) is 5.02 Å². The number of benzene rings is 1. The zero-order valence-electron chi connectivity index (χ0n) is 12.4. The van der Waals surface area contributed by atoms with Crippen molar-refractivity contribution in [1.82, 2.24) is 10.8 Å². The van der Waals surface area contributed by atoms with Gasteiger partial charge in [0.05, 0.1) is 0 Å². The normalized spacial score (nSPS) is 10.1. The Hall–Kier alpha value is -1.79. The summed E-state index contributed by atoms with van der Waals surface area (Å²) in [5.41, 5.74) is 2.27. The molecular weight excluding hydrogens is 306 g/mol. The second kappa shape index (κ2) is 10.9. The Morgan fingerprint density at radius 1 is 1.09 bits per heavy atom. The number of urea groups is 1. The molecule has 6 nitrogen and oxygen atoms in total. The predicted molar refractivity (Wildman–Crippen MR) is 86.1 cm³/mol. The molecule has 0 saturated heterocycles. The van der Waals surface area contributed by atoms with Gasteiger partial charge in [0, 0.05) is 23.7 Å². The summed E-state index contributed by atoms with van der Waals surface area (Å²) in [7, 11) is 0. The van der Waals surface area contributed by atoms with E-state index in [1.54, 1.807) is 29.7 Å². The van der Waals surface area contributed by atoms with Crippen molar-refractivity contribution >= 4 is 29.2 Å². The Labute approximate surface area is 135 Å². The molecule has 0 aromatic heterocycles. The fourth-order valence-electron chi connectivity index (χ4n) is 1.94. The highest BCUT2D eigenvalue weighted by Crippen LogP contribution is 2.14. The average molecular weight is 328 g/mol. The number of amides is 3. The second-order valence-electron chi connectivity index (χ2n) is 4.94. The minimum absolute atomic E-state index is 0.248. The van der Waals surface area contributed by atoms with E-state index in [0.29, 0.717) is 23.7 Å². The van der Waals surface area contributed by atoms with Crippen LogP contribution >= 0.6 is 11.6 Å². The van der Waals surface area contributed by atoms with Crippen LogP contribution in [0.25, 0.3) is 0 Å². The van der Waals surface area contributed by atoms with E-state index in [-0.39, 0.29) is 11.9 Å². The van der Waals surface area contributed by atoms with Crippen LogP contribution in [0.3, 0.4) is 0 Å². The van der Waals surface area contributed by atoms with Crippen LogP contribution in [0.4, 0.5) is 10.5 Å². The molecule has 0 aliphatic heterocycles. The van der Waals surface area contributed by atoms with Gasteiger partial charge in [0.15, 0.2) is 0 Å². The highest BCUT2D eigenvalue weighted by Gasteiger charge is 2.01. The van der Waals surface area contributed by atoms with Crippen molar-refractivity contribution in [2.75, 3.05) is 11.9 Å². The van der Waals surface area contributed by atoms with Crippen molar-refractivity contribution in [3.8, 4) is 0 Å². The van der Waals surface area contributed by atoms with Crippen molar-refractivity contribution in [3.63, 3.8) is 0 Å². The predicted octanol–water partition coefficient (Wildman–Crippen LogP) is 3.31. The lowest BCUT2D eigenvalue weighted by molar-refractivity contribution is -0.129. The lowest BCUT2D eigenvalue weighted by Gasteiger charge is -2.07. The standard InChI is InChI=1S/C15H22ClN3O3/c16-12-7-6-8-13(11-12)18-15(21)17-10-5-3-1-2-4-9-14(20)19-22/h6-8,11,22H,1-5,9-10H2,(H,19,20)(H2,17,18,21). The molecule has 0 spiro atoms. The molecular formula is C15H22ClN3O3. The van der Waals surface area contributed by atoms with Crippen molar-refractivity contribution in [2.45, 2.75) is 38.5 Å². The largest absolute Gasteiger partial charge is 0.338 e. The minimum Gasteiger partial charge on any atom is -0.338 e. The number of carbonyl (C=O) groups excluding carboxylic acids is 2. The number of hydrogen-bond acceptors (Lipinski definition) is 3. The molecule has 7 heteroatoms. The summed E-state index contributed by atoms with van der Waals surface area (Å²) in [6.07, 6.45) is 4.90. The Morgan fingerprint density at radius 2 is 1.82 bits per heavy atom. The molecule has 122 valence electrons. The van der Waals surface area contributed by atoms with Crippen LogP contribution in [0.1, 0.15) is 38.5 Å². The first kappa shape index (κ1) is 18.3. The number of nitrogens with one attached hydrogen (secondary N) is 3. The van der Waals surface area contributed by atoms with Gasteiger partial charge < -0.3 is 10.6 Å². The zero-order chi connectivity index (χ0) is 16.2. The van der Waals surface area contributed by atoms with E-state index in [1.807, 2.05) is 0 Å². The van der Waals surface area contributed by atoms with E-state index >= 15 is 0 Å². The SMILES string of the molecule is O=C(CCCCCCCNC(=O)Nc1cccc(Cl)c1)NO. The summed E-state index contributed by atoms with van der Waals surface area (Å²) < 4.78 is 0. The Kier molecular flexibility index (Phi) is 9.02. The van der Waals surface area contributed by atoms with Gasteiger partial charge in [-0.05, 0) is 31.0 Å².